The van der Waals surface area contributed by atoms with E-state index in [0.717, 1.165) is 21.8 Å². The van der Waals surface area contributed by atoms with Crippen LogP contribution in [0.4, 0.5) is 10.8 Å². The number of rotatable bonds is 7. The van der Waals surface area contributed by atoms with Crippen LogP contribution in [-0.4, -0.2) is 22.0 Å². The van der Waals surface area contributed by atoms with Gasteiger partial charge in [-0.2, -0.15) is 0 Å². The van der Waals surface area contributed by atoms with Crippen molar-refractivity contribution in [2.24, 2.45) is 5.41 Å². The number of nitrogens with zero attached hydrogens (tertiary/aromatic N) is 1. The van der Waals surface area contributed by atoms with Crippen molar-refractivity contribution in [2.45, 2.75) is 44.3 Å². The first kappa shape index (κ1) is 25.6. The number of carbonyl (C=O) groups is 2. The molecule has 0 saturated heterocycles. The van der Waals surface area contributed by atoms with Gasteiger partial charge in [0, 0.05) is 27.9 Å². The highest BCUT2D eigenvalue weighted by molar-refractivity contribution is 8.00. The smallest absolute Gasteiger partial charge is 0.239 e. The third kappa shape index (κ3) is 7.74. The van der Waals surface area contributed by atoms with Crippen LogP contribution in [0.2, 0.25) is 10.0 Å². The van der Waals surface area contributed by atoms with Gasteiger partial charge in [0.25, 0.3) is 0 Å². The Hall–Kier alpha value is -2.06. The fourth-order valence-electron chi connectivity index (χ4n) is 2.89. The van der Waals surface area contributed by atoms with Crippen molar-refractivity contribution in [3.63, 3.8) is 0 Å². The molecule has 2 aromatic carbocycles. The molecule has 2 amide bonds. The Morgan fingerprint density at radius 1 is 1.06 bits per heavy atom. The maximum atomic E-state index is 12.6. The molecule has 3 rings (SSSR count). The SMILES string of the molecule is CC(Sc1ccc(NC(=O)CC(C)(C)C)cc1)C(=O)Nc1nc(-c2ccc(Cl)c(Cl)c2)cs1. The first-order valence-corrected chi connectivity index (χ1v) is 12.8. The minimum atomic E-state index is -0.330. The van der Waals surface area contributed by atoms with Crippen LogP contribution in [0.1, 0.15) is 34.1 Å². The second-order valence-electron chi connectivity index (χ2n) is 8.73. The van der Waals surface area contributed by atoms with E-state index >= 15 is 0 Å². The molecular formula is C24H25Cl2N3O2S2. The van der Waals surface area contributed by atoms with Gasteiger partial charge in [0.1, 0.15) is 0 Å². The summed E-state index contributed by atoms with van der Waals surface area (Å²) in [6.07, 6.45) is 0.449. The molecule has 3 aromatic rings. The second kappa shape index (κ2) is 10.9. The number of carbonyl (C=O) groups excluding carboxylic acids is 2. The number of benzene rings is 2. The number of hydrogen-bond acceptors (Lipinski definition) is 5. The average molecular weight is 523 g/mol. The van der Waals surface area contributed by atoms with E-state index < -0.39 is 0 Å². The molecule has 0 aliphatic rings. The summed E-state index contributed by atoms with van der Waals surface area (Å²) in [6, 6.07) is 12.8. The van der Waals surface area contributed by atoms with E-state index in [9.17, 15) is 9.59 Å². The maximum absolute atomic E-state index is 12.6. The zero-order valence-electron chi connectivity index (χ0n) is 18.7. The van der Waals surface area contributed by atoms with Crippen molar-refractivity contribution in [3.05, 3.63) is 57.9 Å². The number of thioether (sulfide) groups is 1. The van der Waals surface area contributed by atoms with Gasteiger partial charge in [0.05, 0.1) is 21.0 Å². The van der Waals surface area contributed by atoms with E-state index in [4.69, 9.17) is 23.2 Å². The quantitative estimate of drug-likeness (QED) is 0.313. The predicted octanol–water partition coefficient (Wildman–Crippen LogP) is 7.61. The van der Waals surface area contributed by atoms with Crippen LogP contribution < -0.4 is 10.6 Å². The number of thiazole rings is 1. The number of anilines is 2. The van der Waals surface area contributed by atoms with Crippen molar-refractivity contribution in [1.82, 2.24) is 4.98 Å². The Morgan fingerprint density at radius 2 is 1.76 bits per heavy atom. The average Bonchev–Trinajstić information content (AvgIpc) is 3.18. The molecule has 0 fully saturated rings. The minimum absolute atomic E-state index is 0.0145. The van der Waals surface area contributed by atoms with Crippen LogP contribution in [0.15, 0.2) is 52.7 Å². The Labute approximate surface area is 212 Å². The summed E-state index contributed by atoms with van der Waals surface area (Å²) in [4.78, 5) is 30.1. The Bertz CT molecular complexity index is 1140. The summed E-state index contributed by atoms with van der Waals surface area (Å²) in [5, 5.41) is 8.76. The van der Waals surface area contributed by atoms with Crippen molar-refractivity contribution >= 4 is 68.9 Å². The summed E-state index contributed by atoms with van der Waals surface area (Å²) in [7, 11) is 0. The fourth-order valence-corrected chi connectivity index (χ4v) is 4.78. The monoisotopic (exact) mass is 521 g/mol. The lowest BCUT2D eigenvalue weighted by Gasteiger charge is -2.17. The van der Waals surface area contributed by atoms with Crippen LogP contribution in [-0.2, 0) is 9.59 Å². The van der Waals surface area contributed by atoms with Gasteiger partial charge in [-0.1, -0.05) is 50.0 Å². The predicted molar refractivity (Wildman–Crippen MR) is 141 cm³/mol. The van der Waals surface area contributed by atoms with Crippen LogP contribution >= 0.6 is 46.3 Å². The van der Waals surface area contributed by atoms with Crippen molar-refractivity contribution < 1.29 is 9.59 Å². The highest BCUT2D eigenvalue weighted by atomic mass is 35.5. The van der Waals surface area contributed by atoms with Crippen molar-refractivity contribution in [2.75, 3.05) is 10.6 Å². The van der Waals surface area contributed by atoms with Crippen LogP contribution in [0.25, 0.3) is 11.3 Å². The minimum Gasteiger partial charge on any atom is -0.326 e. The molecule has 1 unspecified atom stereocenters. The molecule has 0 aliphatic carbocycles. The summed E-state index contributed by atoms with van der Waals surface area (Å²) in [5.41, 5.74) is 2.22. The lowest BCUT2D eigenvalue weighted by Crippen LogP contribution is -2.22. The molecule has 1 atom stereocenters. The molecule has 1 heterocycles. The molecule has 9 heteroatoms. The molecule has 0 aliphatic heterocycles. The molecule has 0 bridgehead atoms. The summed E-state index contributed by atoms with van der Waals surface area (Å²) in [6.45, 7) is 7.92. The van der Waals surface area contributed by atoms with E-state index in [1.54, 1.807) is 12.1 Å². The van der Waals surface area contributed by atoms with Gasteiger partial charge in [-0.15, -0.1) is 23.1 Å². The molecular weight excluding hydrogens is 497 g/mol. The zero-order valence-corrected chi connectivity index (χ0v) is 21.9. The van der Waals surface area contributed by atoms with Crippen LogP contribution in [0.5, 0.6) is 0 Å². The molecule has 2 N–H and O–H groups in total. The summed E-state index contributed by atoms with van der Waals surface area (Å²) >= 11 is 14.8. The normalized spacial score (nSPS) is 12.3. The van der Waals surface area contributed by atoms with E-state index in [0.29, 0.717) is 21.6 Å². The molecule has 174 valence electrons. The first-order valence-electron chi connectivity index (χ1n) is 10.3. The maximum Gasteiger partial charge on any atom is 0.239 e. The van der Waals surface area contributed by atoms with E-state index in [-0.39, 0.29) is 22.5 Å². The van der Waals surface area contributed by atoms with E-state index in [1.807, 2.05) is 63.4 Å². The van der Waals surface area contributed by atoms with Crippen molar-refractivity contribution in [1.29, 1.82) is 0 Å². The Balaban J connectivity index is 1.55. The number of hydrogen-bond donors (Lipinski definition) is 2. The number of aromatic nitrogens is 1. The highest BCUT2D eigenvalue weighted by Gasteiger charge is 2.18. The van der Waals surface area contributed by atoms with E-state index in [1.165, 1.54) is 23.1 Å². The molecule has 5 nitrogen and oxygen atoms in total. The molecule has 0 spiro atoms. The Morgan fingerprint density at radius 3 is 2.39 bits per heavy atom. The third-order valence-corrected chi connectivity index (χ3v) is 7.07. The van der Waals surface area contributed by atoms with Gasteiger partial charge in [0.15, 0.2) is 5.13 Å². The molecule has 0 saturated carbocycles. The van der Waals surface area contributed by atoms with E-state index in [2.05, 4.69) is 15.6 Å². The van der Waals surface area contributed by atoms with Gasteiger partial charge in [-0.05, 0) is 48.7 Å². The highest BCUT2D eigenvalue weighted by Crippen LogP contribution is 2.31. The van der Waals surface area contributed by atoms with Gasteiger partial charge in [-0.3, -0.25) is 9.59 Å². The van der Waals surface area contributed by atoms with Gasteiger partial charge < -0.3 is 10.6 Å². The largest absolute Gasteiger partial charge is 0.326 e. The Kier molecular flexibility index (Phi) is 8.45. The molecule has 1 aromatic heterocycles. The van der Waals surface area contributed by atoms with Crippen LogP contribution in [0.3, 0.4) is 0 Å². The lowest BCUT2D eigenvalue weighted by atomic mass is 9.92. The zero-order chi connectivity index (χ0) is 24.2. The number of amides is 2. The number of halogens is 2. The standard InChI is InChI=1S/C24H25Cl2N3O2S2/c1-14(33-17-8-6-16(7-9-17)27-21(30)12-24(2,3)4)22(31)29-23-28-20(13-32-23)15-5-10-18(25)19(26)11-15/h5-11,13-14H,12H2,1-4H3,(H,27,30)(H,28,29,31). The summed E-state index contributed by atoms with van der Waals surface area (Å²) < 4.78 is 0. The fraction of sp³-hybridized carbons (Fsp3) is 0.292. The van der Waals surface area contributed by atoms with Gasteiger partial charge in [-0.25, -0.2) is 4.98 Å². The topological polar surface area (TPSA) is 71.1 Å². The van der Waals surface area contributed by atoms with Crippen molar-refractivity contribution in [3.8, 4) is 11.3 Å². The van der Waals surface area contributed by atoms with Gasteiger partial charge in [0.2, 0.25) is 11.8 Å². The summed E-state index contributed by atoms with van der Waals surface area (Å²) in [5.74, 6) is -0.156. The molecule has 0 radical (unpaired) electrons. The second-order valence-corrected chi connectivity index (χ2v) is 11.8. The lowest BCUT2D eigenvalue weighted by molar-refractivity contribution is -0.118. The van der Waals surface area contributed by atoms with Crippen LogP contribution in [0, 0.1) is 5.41 Å². The van der Waals surface area contributed by atoms with Gasteiger partial charge >= 0.3 is 0 Å². The number of nitrogens with one attached hydrogen (secondary N) is 2. The third-order valence-electron chi connectivity index (χ3n) is 4.46. The first-order chi connectivity index (χ1) is 15.5. The molecule has 33 heavy (non-hydrogen) atoms.